The largest absolute Gasteiger partial charge is 0.467 e. The SMILES string of the molecule is CCNC(=O)c1cccc(NC(=O)CSc2nnc(N3CCC(C)CC3)n2Cc2ccco2)c1. The minimum absolute atomic E-state index is 0.165. The number of aromatic nitrogens is 3. The number of carbonyl (C=O) groups is 2. The van der Waals surface area contributed by atoms with Crippen LogP contribution in [0.25, 0.3) is 0 Å². The molecule has 2 N–H and O–H groups in total. The van der Waals surface area contributed by atoms with Crippen LogP contribution >= 0.6 is 11.8 Å². The predicted molar refractivity (Wildman–Crippen MR) is 132 cm³/mol. The second-order valence-corrected chi connectivity index (χ2v) is 9.34. The number of nitrogens with one attached hydrogen (secondary N) is 2. The molecule has 0 aliphatic carbocycles. The van der Waals surface area contributed by atoms with E-state index in [-0.39, 0.29) is 17.6 Å². The molecule has 4 rings (SSSR count). The first-order chi connectivity index (χ1) is 16.5. The molecule has 1 aromatic carbocycles. The maximum atomic E-state index is 12.6. The van der Waals surface area contributed by atoms with E-state index in [0.717, 1.165) is 37.6 Å². The molecule has 2 amide bonds. The highest BCUT2D eigenvalue weighted by Gasteiger charge is 2.23. The van der Waals surface area contributed by atoms with Crippen molar-refractivity contribution in [2.45, 2.75) is 38.4 Å². The van der Waals surface area contributed by atoms with E-state index < -0.39 is 0 Å². The number of piperidine rings is 1. The normalized spacial score (nSPS) is 14.2. The van der Waals surface area contributed by atoms with E-state index in [1.54, 1.807) is 30.5 Å². The van der Waals surface area contributed by atoms with E-state index in [1.165, 1.54) is 11.8 Å². The molecule has 0 unspecified atom stereocenters. The second kappa shape index (κ2) is 11.2. The number of rotatable bonds is 9. The third-order valence-electron chi connectivity index (χ3n) is 5.74. The molecule has 1 aliphatic rings. The Morgan fingerprint density at radius 2 is 2.00 bits per heavy atom. The monoisotopic (exact) mass is 482 g/mol. The molecule has 0 spiro atoms. The van der Waals surface area contributed by atoms with Crippen LogP contribution in [0, 0.1) is 5.92 Å². The second-order valence-electron chi connectivity index (χ2n) is 8.39. The van der Waals surface area contributed by atoms with Gasteiger partial charge in [0.05, 0.1) is 18.6 Å². The minimum Gasteiger partial charge on any atom is -0.467 e. The molecule has 34 heavy (non-hydrogen) atoms. The van der Waals surface area contributed by atoms with Crippen LogP contribution in [0.3, 0.4) is 0 Å². The fraction of sp³-hybridized carbons (Fsp3) is 0.417. The van der Waals surface area contributed by atoms with E-state index in [1.807, 2.05) is 23.6 Å². The maximum Gasteiger partial charge on any atom is 0.251 e. The Morgan fingerprint density at radius 3 is 2.74 bits per heavy atom. The van der Waals surface area contributed by atoms with Crippen LogP contribution in [-0.4, -0.2) is 52.0 Å². The van der Waals surface area contributed by atoms with E-state index in [2.05, 4.69) is 32.7 Å². The van der Waals surface area contributed by atoms with Crippen molar-refractivity contribution in [3.8, 4) is 0 Å². The number of furan rings is 1. The first-order valence-corrected chi connectivity index (χ1v) is 12.5. The van der Waals surface area contributed by atoms with Crippen molar-refractivity contribution < 1.29 is 14.0 Å². The summed E-state index contributed by atoms with van der Waals surface area (Å²) < 4.78 is 7.57. The van der Waals surface area contributed by atoms with Gasteiger partial charge in [0.2, 0.25) is 11.9 Å². The average Bonchev–Trinajstić information content (AvgIpc) is 3.49. The van der Waals surface area contributed by atoms with Crippen molar-refractivity contribution >= 4 is 35.2 Å². The van der Waals surface area contributed by atoms with E-state index in [0.29, 0.717) is 35.4 Å². The van der Waals surface area contributed by atoms with Crippen LogP contribution in [-0.2, 0) is 11.3 Å². The van der Waals surface area contributed by atoms with Gasteiger partial charge in [0.1, 0.15) is 5.76 Å². The molecule has 2 aromatic heterocycles. The summed E-state index contributed by atoms with van der Waals surface area (Å²) in [5.41, 5.74) is 1.08. The van der Waals surface area contributed by atoms with Gasteiger partial charge in [-0.2, -0.15) is 0 Å². The van der Waals surface area contributed by atoms with Crippen molar-refractivity contribution in [2.24, 2.45) is 5.92 Å². The predicted octanol–water partition coefficient (Wildman–Crippen LogP) is 3.64. The number of amides is 2. The molecule has 0 atom stereocenters. The summed E-state index contributed by atoms with van der Waals surface area (Å²) in [6.07, 6.45) is 3.89. The highest BCUT2D eigenvalue weighted by molar-refractivity contribution is 7.99. The van der Waals surface area contributed by atoms with Gasteiger partial charge >= 0.3 is 0 Å². The average molecular weight is 483 g/mol. The Labute approximate surface area is 203 Å². The number of nitrogens with zero attached hydrogens (tertiary/aromatic N) is 4. The Morgan fingerprint density at radius 1 is 1.18 bits per heavy atom. The van der Waals surface area contributed by atoms with Crippen molar-refractivity contribution in [1.29, 1.82) is 0 Å². The highest BCUT2D eigenvalue weighted by atomic mass is 32.2. The summed E-state index contributed by atoms with van der Waals surface area (Å²) >= 11 is 1.33. The van der Waals surface area contributed by atoms with Crippen molar-refractivity contribution in [3.05, 3.63) is 54.0 Å². The Hall–Kier alpha value is -3.27. The summed E-state index contributed by atoms with van der Waals surface area (Å²) in [6, 6.07) is 10.7. The first-order valence-electron chi connectivity index (χ1n) is 11.5. The lowest BCUT2D eigenvalue weighted by Crippen LogP contribution is -2.35. The van der Waals surface area contributed by atoms with Gasteiger partial charge in [0.25, 0.3) is 5.91 Å². The molecule has 10 heteroatoms. The fourth-order valence-electron chi connectivity index (χ4n) is 3.86. The summed E-state index contributed by atoms with van der Waals surface area (Å²) in [5.74, 6) is 2.14. The maximum absolute atomic E-state index is 12.6. The number of thioether (sulfide) groups is 1. The summed E-state index contributed by atoms with van der Waals surface area (Å²) in [5, 5.41) is 15.1. The topological polar surface area (TPSA) is 105 Å². The van der Waals surface area contributed by atoms with E-state index >= 15 is 0 Å². The van der Waals surface area contributed by atoms with Crippen LogP contribution in [0.1, 0.15) is 42.8 Å². The first kappa shape index (κ1) is 23.9. The lowest BCUT2D eigenvalue weighted by molar-refractivity contribution is -0.113. The minimum atomic E-state index is -0.182. The lowest BCUT2D eigenvalue weighted by Gasteiger charge is -2.31. The standard InChI is InChI=1S/C24H30N6O3S/c1-3-25-22(32)18-6-4-7-19(14-18)26-21(31)16-34-24-28-27-23(29-11-9-17(2)10-12-29)30(24)15-20-8-5-13-33-20/h4-8,13-14,17H,3,9-12,15-16H2,1-2H3,(H,25,32)(H,26,31). The molecule has 3 heterocycles. The molecule has 0 saturated carbocycles. The van der Waals surface area contributed by atoms with E-state index in [9.17, 15) is 9.59 Å². The van der Waals surface area contributed by atoms with Crippen LogP contribution in [0.15, 0.2) is 52.2 Å². The third kappa shape index (κ3) is 5.99. The van der Waals surface area contributed by atoms with Gasteiger partial charge in [-0.05, 0) is 56.0 Å². The molecular weight excluding hydrogens is 452 g/mol. The fourth-order valence-corrected chi connectivity index (χ4v) is 4.59. The van der Waals surface area contributed by atoms with Gasteiger partial charge in [0.15, 0.2) is 5.16 Å². The zero-order chi connectivity index (χ0) is 23.9. The van der Waals surface area contributed by atoms with Gasteiger partial charge in [0, 0.05) is 30.9 Å². The molecule has 1 saturated heterocycles. The van der Waals surface area contributed by atoms with Gasteiger partial charge < -0.3 is 20.0 Å². The Balaban J connectivity index is 1.43. The molecule has 3 aromatic rings. The van der Waals surface area contributed by atoms with Gasteiger partial charge in [-0.1, -0.05) is 24.8 Å². The molecule has 1 fully saturated rings. The van der Waals surface area contributed by atoms with Crippen LogP contribution in [0.2, 0.25) is 0 Å². The van der Waals surface area contributed by atoms with Crippen molar-refractivity contribution in [3.63, 3.8) is 0 Å². The van der Waals surface area contributed by atoms with Gasteiger partial charge in [-0.25, -0.2) is 0 Å². The summed E-state index contributed by atoms with van der Waals surface area (Å²) in [4.78, 5) is 27.0. The lowest BCUT2D eigenvalue weighted by atomic mass is 10.00. The highest BCUT2D eigenvalue weighted by Crippen LogP contribution is 2.27. The zero-order valence-electron chi connectivity index (χ0n) is 19.5. The molecule has 180 valence electrons. The zero-order valence-corrected chi connectivity index (χ0v) is 20.3. The number of benzene rings is 1. The van der Waals surface area contributed by atoms with Gasteiger partial charge in [-0.3, -0.25) is 14.2 Å². The summed E-state index contributed by atoms with van der Waals surface area (Å²) in [7, 11) is 0. The molecule has 9 nitrogen and oxygen atoms in total. The van der Waals surface area contributed by atoms with Crippen molar-refractivity contribution in [1.82, 2.24) is 20.1 Å². The quantitative estimate of drug-likeness (QED) is 0.449. The molecule has 0 bridgehead atoms. The summed E-state index contributed by atoms with van der Waals surface area (Å²) in [6.45, 7) is 7.05. The Kier molecular flexibility index (Phi) is 7.89. The molecule has 1 aliphatic heterocycles. The van der Waals surface area contributed by atoms with E-state index in [4.69, 9.17) is 4.42 Å². The number of anilines is 2. The van der Waals surface area contributed by atoms with Crippen LogP contribution in [0.4, 0.5) is 11.6 Å². The van der Waals surface area contributed by atoms with Crippen LogP contribution in [0.5, 0.6) is 0 Å². The number of hydrogen-bond acceptors (Lipinski definition) is 7. The molecule has 0 radical (unpaired) electrons. The number of hydrogen-bond donors (Lipinski definition) is 2. The van der Waals surface area contributed by atoms with Crippen molar-refractivity contribution in [2.75, 3.05) is 35.6 Å². The Bertz CT molecular complexity index is 1110. The van der Waals surface area contributed by atoms with Gasteiger partial charge in [-0.15, -0.1) is 10.2 Å². The van der Waals surface area contributed by atoms with Crippen LogP contribution < -0.4 is 15.5 Å². The number of carbonyl (C=O) groups excluding carboxylic acids is 2. The third-order valence-corrected chi connectivity index (χ3v) is 6.70. The smallest absolute Gasteiger partial charge is 0.251 e. The molecular formula is C24H30N6O3S.